The van der Waals surface area contributed by atoms with Gasteiger partial charge in [-0.15, -0.1) is 0 Å². The maximum atomic E-state index is 5.98. The van der Waals surface area contributed by atoms with E-state index in [1.807, 2.05) is 0 Å². The fraction of sp³-hybridized carbons (Fsp3) is 0.857. The predicted molar refractivity (Wildman–Crippen MR) is 69.1 cm³/mol. The second-order valence-electron chi connectivity index (χ2n) is 7.81. The van der Waals surface area contributed by atoms with Crippen LogP contribution in [0.2, 0.25) is 0 Å². The first-order valence-electron chi connectivity index (χ1n) is 6.28. The first kappa shape index (κ1) is 14.2. The van der Waals surface area contributed by atoms with E-state index in [1.165, 1.54) is 0 Å². The van der Waals surface area contributed by atoms with E-state index in [0.29, 0.717) is 0 Å². The zero-order chi connectivity index (χ0) is 13.6. The van der Waals surface area contributed by atoms with Gasteiger partial charge in [0.2, 0.25) is 11.3 Å². The van der Waals surface area contributed by atoms with E-state index in [1.54, 1.807) is 4.85 Å². The summed E-state index contributed by atoms with van der Waals surface area (Å²) >= 11 is 0. The van der Waals surface area contributed by atoms with Crippen LogP contribution in [0.25, 0.3) is 0 Å². The summed E-state index contributed by atoms with van der Waals surface area (Å²) in [5, 5.41) is 4.67. The van der Waals surface area contributed by atoms with Crippen LogP contribution < -0.4 is 4.85 Å². The lowest BCUT2D eigenvalue weighted by Gasteiger charge is -2.19. The summed E-state index contributed by atoms with van der Waals surface area (Å²) in [7, 11) is 0. The molecule has 1 rings (SSSR count). The van der Waals surface area contributed by atoms with Gasteiger partial charge in [0.05, 0.1) is 0 Å². The van der Waals surface area contributed by atoms with Crippen LogP contribution in [0.4, 0.5) is 0 Å². The molecule has 0 fully saturated rings. The highest BCUT2D eigenvalue weighted by molar-refractivity contribution is 5.20. The molecule has 0 aliphatic carbocycles. The Balaban J connectivity index is 3.44. The molecule has 0 amide bonds. The molecule has 0 bridgehead atoms. The molecule has 1 aromatic heterocycles. The number of rotatable bonds is 0. The second kappa shape index (κ2) is 3.82. The SMILES string of the molecule is CC(C)(C)c1n[n+](C(C)(C)C)oc1C(C)(C)C. The first-order chi connectivity index (χ1) is 7.33. The largest absolute Gasteiger partial charge is 0.233 e. The Morgan fingerprint density at radius 2 is 1.29 bits per heavy atom. The van der Waals surface area contributed by atoms with Crippen molar-refractivity contribution in [1.29, 1.82) is 0 Å². The Labute approximate surface area is 105 Å². The van der Waals surface area contributed by atoms with Crippen molar-refractivity contribution in [1.82, 2.24) is 5.10 Å². The molecule has 0 atom stereocenters. The van der Waals surface area contributed by atoms with Crippen LogP contribution in [0.1, 0.15) is 73.8 Å². The lowest BCUT2D eigenvalue weighted by atomic mass is 9.83. The minimum absolute atomic E-state index is 0.00259. The summed E-state index contributed by atoms with van der Waals surface area (Å²) in [6.45, 7) is 19.3. The van der Waals surface area contributed by atoms with Gasteiger partial charge in [-0.25, -0.2) is 4.52 Å². The van der Waals surface area contributed by atoms with Gasteiger partial charge in [0.15, 0.2) is 5.69 Å². The van der Waals surface area contributed by atoms with Gasteiger partial charge in [-0.3, -0.25) is 0 Å². The standard InChI is InChI=1S/C14H27N2O/c1-12(2,3)10-11(13(4,5)6)17-16(15-10)14(7,8)9/h1-9H3/q+1. The molecule has 0 saturated heterocycles. The van der Waals surface area contributed by atoms with Crippen molar-refractivity contribution in [2.45, 2.75) is 78.7 Å². The van der Waals surface area contributed by atoms with Gasteiger partial charge < -0.3 is 0 Å². The summed E-state index contributed by atoms with van der Waals surface area (Å²) in [4.78, 5) is 1.73. The zero-order valence-corrected chi connectivity index (χ0v) is 12.8. The van der Waals surface area contributed by atoms with Crippen molar-refractivity contribution in [3.05, 3.63) is 11.5 Å². The summed E-state index contributed by atoms with van der Waals surface area (Å²) in [5.41, 5.74) is 0.915. The topological polar surface area (TPSA) is 29.9 Å². The highest BCUT2D eigenvalue weighted by atomic mass is 16.5. The van der Waals surface area contributed by atoms with Crippen LogP contribution in [0.15, 0.2) is 4.52 Å². The van der Waals surface area contributed by atoms with Crippen LogP contribution >= 0.6 is 0 Å². The van der Waals surface area contributed by atoms with Crippen molar-refractivity contribution in [3.8, 4) is 0 Å². The van der Waals surface area contributed by atoms with Crippen LogP contribution in [0.5, 0.6) is 0 Å². The van der Waals surface area contributed by atoms with E-state index >= 15 is 0 Å². The molecule has 3 heteroatoms. The van der Waals surface area contributed by atoms with E-state index in [4.69, 9.17) is 4.52 Å². The maximum Gasteiger partial charge on any atom is 0.233 e. The van der Waals surface area contributed by atoms with Gasteiger partial charge in [-0.05, 0) is 0 Å². The van der Waals surface area contributed by atoms with E-state index in [9.17, 15) is 0 Å². The van der Waals surface area contributed by atoms with Gasteiger partial charge in [0, 0.05) is 36.7 Å². The van der Waals surface area contributed by atoms with Gasteiger partial charge in [0.25, 0.3) is 0 Å². The Morgan fingerprint density at radius 3 is 1.53 bits per heavy atom. The van der Waals surface area contributed by atoms with Crippen LogP contribution in [-0.4, -0.2) is 5.10 Å². The molecule has 1 heterocycles. The molecule has 0 unspecified atom stereocenters. The second-order valence-corrected chi connectivity index (χ2v) is 7.81. The highest BCUT2D eigenvalue weighted by Crippen LogP contribution is 2.31. The quantitative estimate of drug-likeness (QED) is 0.650. The van der Waals surface area contributed by atoms with E-state index in [0.717, 1.165) is 11.5 Å². The molecule has 0 radical (unpaired) electrons. The Kier molecular flexibility index (Phi) is 3.19. The monoisotopic (exact) mass is 239 g/mol. The Hall–Kier alpha value is -0.860. The van der Waals surface area contributed by atoms with E-state index in [2.05, 4.69) is 67.4 Å². The predicted octanol–water partition coefficient (Wildman–Crippen LogP) is 3.31. The smallest absolute Gasteiger partial charge is 0.212 e. The normalized spacial score (nSPS) is 14.2. The third kappa shape index (κ3) is 3.08. The molecule has 0 aliphatic rings. The summed E-state index contributed by atoms with van der Waals surface area (Å²) in [6, 6.07) is 0. The molecular weight excluding hydrogens is 212 g/mol. The molecule has 0 N–H and O–H groups in total. The van der Waals surface area contributed by atoms with E-state index < -0.39 is 0 Å². The Morgan fingerprint density at radius 1 is 0.824 bits per heavy atom. The van der Waals surface area contributed by atoms with Gasteiger partial charge >= 0.3 is 0 Å². The van der Waals surface area contributed by atoms with Gasteiger partial charge in [-0.2, -0.15) is 0 Å². The average Bonchev–Trinajstić information content (AvgIpc) is 2.42. The molecule has 3 nitrogen and oxygen atoms in total. The number of aromatic nitrogens is 2. The first-order valence-corrected chi connectivity index (χ1v) is 6.28. The van der Waals surface area contributed by atoms with Crippen molar-refractivity contribution >= 4 is 0 Å². The third-order valence-corrected chi connectivity index (χ3v) is 2.55. The molecule has 0 spiro atoms. The lowest BCUT2D eigenvalue weighted by molar-refractivity contribution is -0.949. The summed E-state index contributed by atoms with van der Waals surface area (Å²) < 4.78 is 5.98. The van der Waals surface area contributed by atoms with Crippen molar-refractivity contribution in [3.63, 3.8) is 0 Å². The van der Waals surface area contributed by atoms with Crippen LogP contribution in [0.3, 0.4) is 0 Å². The molecule has 0 saturated carbocycles. The zero-order valence-electron chi connectivity index (χ0n) is 12.8. The highest BCUT2D eigenvalue weighted by Gasteiger charge is 2.40. The average molecular weight is 239 g/mol. The van der Waals surface area contributed by atoms with Crippen molar-refractivity contribution in [2.24, 2.45) is 0 Å². The van der Waals surface area contributed by atoms with Gasteiger partial charge in [0.1, 0.15) is 4.85 Å². The Bertz CT molecular complexity index is 366. The van der Waals surface area contributed by atoms with Crippen LogP contribution in [-0.2, 0) is 16.4 Å². The summed E-state index contributed by atoms with van der Waals surface area (Å²) in [5.74, 6) is 0.986. The molecule has 0 aliphatic heterocycles. The number of hydrogen-bond acceptors (Lipinski definition) is 2. The number of nitrogens with zero attached hydrogens (tertiary/aromatic N) is 2. The molecule has 17 heavy (non-hydrogen) atoms. The van der Waals surface area contributed by atoms with Crippen molar-refractivity contribution in [2.75, 3.05) is 0 Å². The fourth-order valence-electron chi connectivity index (χ4n) is 1.56. The molecular formula is C14H27N2O+. The minimum Gasteiger partial charge on any atom is -0.212 e. The van der Waals surface area contributed by atoms with Crippen molar-refractivity contribution < 1.29 is 9.38 Å². The maximum absolute atomic E-state index is 5.98. The molecule has 98 valence electrons. The minimum atomic E-state index is -0.122. The number of hydrogen-bond donors (Lipinski definition) is 0. The molecule has 1 aromatic rings. The fourth-order valence-corrected chi connectivity index (χ4v) is 1.56. The summed E-state index contributed by atoms with van der Waals surface area (Å²) in [6.07, 6.45) is 0. The lowest BCUT2D eigenvalue weighted by Crippen LogP contribution is -2.51. The van der Waals surface area contributed by atoms with Crippen LogP contribution in [0, 0.1) is 0 Å². The van der Waals surface area contributed by atoms with Gasteiger partial charge in [-0.1, -0.05) is 41.5 Å². The molecule has 0 aromatic carbocycles. The third-order valence-electron chi connectivity index (χ3n) is 2.55. The van der Waals surface area contributed by atoms with E-state index in [-0.39, 0.29) is 16.4 Å².